The molecule has 2 aromatic rings. The Morgan fingerprint density at radius 3 is 2.58 bits per heavy atom. The first-order valence-corrected chi connectivity index (χ1v) is 12.9. The van der Waals surface area contributed by atoms with Crippen molar-refractivity contribution in [3.63, 3.8) is 0 Å². The lowest BCUT2D eigenvalue weighted by Gasteiger charge is -2.56. The minimum absolute atomic E-state index is 0.00556. The van der Waals surface area contributed by atoms with Gasteiger partial charge in [0.15, 0.2) is 0 Å². The molecule has 8 nitrogen and oxygen atoms in total. The van der Waals surface area contributed by atoms with Crippen LogP contribution in [0, 0.1) is 29.1 Å². The summed E-state index contributed by atoms with van der Waals surface area (Å²) >= 11 is 0. The van der Waals surface area contributed by atoms with Crippen LogP contribution < -0.4 is 15.4 Å². The lowest BCUT2D eigenvalue weighted by Crippen LogP contribution is -2.58. The molecule has 0 bridgehead atoms. The van der Waals surface area contributed by atoms with E-state index in [0.29, 0.717) is 12.2 Å². The van der Waals surface area contributed by atoms with E-state index in [1.807, 2.05) is 31.2 Å². The van der Waals surface area contributed by atoms with Crippen LogP contribution in [0.4, 0.5) is 0 Å². The molecule has 36 heavy (non-hydrogen) atoms. The number of benzene rings is 1. The molecule has 2 saturated carbocycles. The Balaban J connectivity index is 1.40. The summed E-state index contributed by atoms with van der Waals surface area (Å²) in [4.78, 5) is 33.9. The van der Waals surface area contributed by atoms with E-state index < -0.39 is 6.10 Å². The number of nitrogens with one attached hydrogen (secondary N) is 2. The first kappa shape index (κ1) is 26.1. The molecule has 4 rings (SSSR count). The highest BCUT2D eigenvalue weighted by Crippen LogP contribution is 2.55. The number of aliphatic hydroxyl groups excluding tert-OH is 1. The number of carbonyl (C=O) groups is 2. The van der Waals surface area contributed by atoms with Gasteiger partial charge in [-0.3, -0.25) is 14.6 Å². The summed E-state index contributed by atoms with van der Waals surface area (Å²) in [5, 5.41) is 17.8. The van der Waals surface area contributed by atoms with Crippen LogP contribution in [0.1, 0.15) is 62.5 Å². The van der Waals surface area contributed by atoms with Crippen molar-refractivity contribution in [2.75, 3.05) is 7.11 Å². The van der Waals surface area contributed by atoms with Gasteiger partial charge in [-0.25, -0.2) is 4.98 Å². The van der Waals surface area contributed by atoms with Gasteiger partial charge >= 0.3 is 0 Å². The molecule has 1 heterocycles. The highest BCUT2D eigenvalue weighted by Gasteiger charge is 2.53. The molecule has 2 aliphatic carbocycles. The molecule has 2 fully saturated rings. The Morgan fingerprint density at radius 2 is 1.92 bits per heavy atom. The predicted molar refractivity (Wildman–Crippen MR) is 136 cm³/mol. The van der Waals surface area contributed by atoms with Gasteiger partial charge in [-0.2, -0.15) is 0 Å². The molecule has 3 N–H and O–H groups in total. The number of ether oxygens (including phenoxy) is 1. The number of amides is 2. The maximum absolute atomic E-state index is 13.1. The summed E-state index contributed by atoms with van der Waals surface area (Å²) in [5.41, 5.74) is 1.28. The number of methoxy groups -OCH3 is 1. The molecule has 0 spiro atoms. The van der Waals surface area contributed by atoms with Gasteiger partial charge in [0, 0.05) is 30.9 Å². The third-order valence-corrected chi connectivity index (χ3v) is 8.68. The van der Waals surface area contributed by atoms with Gasteiger partial charge in [-0.15, -0.1) is 0 Å². The van der Waals surface area contributed by atoms with E-state index in [-0.39, 0.29) is 46.9 Å². The second-order valence-electron chi connectivity index (χ2n) is 10.8. The van der Waals surface area contributed by atoms with Crippen LogP contribution >= 0.6 is 0 Å². The second-order valence-corrected chi connectivity index (χ2v) is 10.8. The first-order chi connectivity index (χ1) is 17.2. The molecule has 0 aliphatic heterocycles. The van der Waals surface area contributed by atoms with Crippen LogP contribution in [0.5, 0.6) is 5.75 Å². The quantitative estimate of drug-likeness (QED) is 0.544. The van der Waals surface area contributed by atoms with E-state index in [1.165, 1.54) is 18.6 Å². The summed E-state index contributed by atoms with van der Waals surface area (Å²) in [6, 6.07) is 7.56. The van der Waals surface area contributed by atoms with E-state index >= 15 is 0 Å². The molecule has 194 valence electrons. The Hall–Kier alpha value is -3.00. The average Bonchev–Trinajstić information content (AvgIpc) is 2.89. The number of aromatic nitrogens is 2. The third kappa shape index (κ3) is 5.38. The SMILES string of the molecule is COc1ccc(CNC(=O)[C@@H](C)[C@@H]2CC[C@@]3(C)CC[C@H](NC(=O)c4cnccn4)[C@@H](C)[C@@H]3[C@H]2O)cc1. The van der Waals surface area contributed by atoms with Crippen molar-refractivity contribution in [1.29, 1.82) is 0 Å². The number of hydrogen-bond donors (Lipinski definition) is 3. The number of rotatable bonds is 7. The van der Waals surface area contributed by atoms with Gasteiger partial charge in [-0.05, 0) is 66.5 Å². The third-order valence-electron chi connectivity index (χ3n) is 8.68. The lowest BCUT2D eigenvalue weighted by atomic mass is 9.51. The van der Waals surface area contributed by atoms with E-state index in [2.05, 4.69) is 34.4 Å². The average molecular weight is 495 g/mol. The molecule has 0 radical (unpaired) electrons. The Morgan fingerprint density at radius 1 is 1.19 bits per heavy atom. The Kier molecular flexibility index (Phi) is 7.93. The summed E-state index contributed by atoms with van der Waals surface area (Å²) in [6.45, 7) is 6.72. The molecule has 7 atom stereocenters. The maximum atomic E-state index is 13.1. The number of fused-ring (bicyclic) bond motifs is 1. The largest absolute Gasteiger partial charge is 0.497 e. The summed E-state index contributed by atoms with van der Waals surface area (Å²) in [7, 11) is 1.63. The van der Waals surface area contributed by atoms with Gasteiger partial charge < -0.3 is 20.5 Å². The molecular weight excluding hydrogens is 456 g/mol. The fraction of sp³-hybridized carbons (Fsp3) is 0.571. The van der Waals surface area contributed by atoms with Crippen LogP contribution in [-0.2, 0) is 11.3 Å². The van der Waals surface area contributed by atoms with Crippen LogP contribution in [0.15, 0.2) is 42.9 Å². The van der Waals surface area contributed by atoms with Crippen molar-refractivity contribution in [3.8, 4) is 5.75 Å². The van der Waals surface area contributed by atoms with Gasteiger partial charge in [-0.1, -0.05) is 32.9 Å². The highest BCUT2D eigenvalue weighted by atomic mass is 16.5. The molecule has 1 aromatic heterocycles. The van der Waals surface area contributed by atoms with Gasteiger partial charge in [0.05, 0.1) is 19.4 Å². The zero-order valence-corrected chi connectivity index (χ0v) is 21.6. The minimum atomic E-state index is -0.614. The summed E-state index contributed by atoms with van der Waals surface area (Å²) in [6.07, 6.45) is 7.46. The molecule has 8 heteroatoms. The predicted octanol–water partition coefficient (Wildman–Crippen LogP) is 3.36. The Labute approximate surface area is 213 Å². The first-order valence-electron chi connectivity index (χ1n) is 12.9. The van der Waals surface area contributed by atoms with Crippen molar-refractivity contribution in [1.82, 2.24) is 20.6 Å². The smallest absolute Gasteiger partial charge is 0.271 e. The molecule has 0 saturated heterocycles. The van der Waals surface area contributed by atoms with Gasteiger partial charge in [0.1, 0.15) is 11.4 Å². The zero-order valence-electron chi connectivity index (χ0n) is 21.6. The van der Waals surface area contributed by atoms with Crippen LogP contribution in [-0.4, -0.2) is 46.1 Å². The Bertz CT molecular complexity index is 1050. The molecule has 1 aromatic carbocycles. The topological polar surface area (TPSA) is 113 Å². The monoisotopic (exact) mass is 494 g/mol. The molecule has 2 aliphatic rings. The number of nitrogens with zero attached hydrogens (tertiary/aromatic N) is 2. The van der Waals surface area contributed by atoms with Crippen molar-refractivity contribution in [2.24, 2.45) is 29.1 Å². The standard InChI is InChI=1S/C28H38N4O4/c1-17(26(34)31-15-19-5-7-20(36-4)8-6-19)21-9-11-28(3)12-10-22(18(2)24(28)25(21)33)32-27(35)23-16-29-13-14-30-23/h5-8,13-14,16-18,21-22,24-25,33H,9-12,15H2,1-4H3,(H,31,34)(H,32,35)/t17-,18+,21-,22-,24+,25-,28-/m0/s1. The zero-order chi connectivity index (χ0) is 25.9. The maximum Gasteiger partial charge on any atom is 0.271 e. The fourth-order valence-corrected chi connectivity index (χ4v) is 6.44. The number of aliphatic hydroxyl groups is 1. The molecular formula is C28H38N4O4. The van der Waals surface area contributed by atoms with E-state index in [9.17, 15) is 14.7 Å². The van der Waals surface area contributed by atoms with Crippen LogP contribution in [0.3, 0.4) is 0 Å². The van der Waals surface area contributed by atoms with Crippen molar-refractivity contribution in [2.45, 2.75) is 65.1 Å². The second kappa shape index (κ2) is 10.9. The number of hydrogen-bond acceptors (Lipinski definition) is 6. The van der Waals surface area contributed by atoms with Crippen molar-refractivity contribution < 1.29 is 19.4 Å². The van der Waals surface area contributed by atoms with Gasteiger partial charge in [0.2, 0.25) is 5.91 Å². The van der Waals surface area contributed by atoms with E-state index in [4.69, 9.17) is 4.74 Å². The van der Waals surface area contributed by atoms with Crippen molar-refractivity contribution >= 4 is 11.8 Å². The summed E-state index contributed by atoms with van der Waals surface area (Å²) in [5.74, 6) is 0.108. The summed E-state index contributed by atoms with van der Waals surface area (Å²) < 4.78 is 5.19. The normalized spacial score (nSPS) is 30.5. The van der Waals surface area contributed by atoms with Crippen LogP contribution in [0.25, 0.3) is 0 Å². The fourth-order valence-electron chi connectivity index (χ4n) is 6.44. The minimum Gasteiger partial charge on any atom is -0.497 e. The van der Waals surface area contributed by atoms with E-state index in [0.717, 1.165) is 37.0 Å². The molecule has 2 amide bonds. The van der Waals surface area contributed by atoms with Crippen LogP contribution in [0.2, 0.25) is 0 Å². The van der Waals surface area contributed by atoms with E-state index in [1.54, 1.807) is 7.11 Å². The molecule has 0 unspecified atom stereocenters. The highest BCUT2D eigenvalue weighted by molar-refractivity contribution is 5.92. The number of carbonyl (C=O) groups excluding carboxylic acids is 2. The van der Waals surface area contributed by atoms with Crippen molar-refractivity contribution in [3.05, 3.63) is 54.1 Å². The van der Waals surface area contributed by atoms with Gasteiger partial charge in [0.25, 0.3) is 5.91 Å². The lowest BCUT2D eigenvalue weighted by molar-refractivity contribution is -0.142.